The number of nitrogens with one attached hydrogen (secondary N) is 2. The Balaban J connectivity index is 2.53. The minimum Gasteiger partial charge on any atom is -0.444 e. The van der Waals surface area contributed by atoms with Crippen LogP contribution in [0.2, 0.25) is 0 Å². The lowest BCUT2D eigenvalue weighted by Gasteiger charge is -2.36. The van der Waals surface area contributed by atoms with Gasteiger partial charge in [-0.15, -0.1) is 0 Å². The van der Waals surface area contributed by atoms with Crippen molar-refractivity contribution in [1.29, 1.82) is 0 Å². The van der Waals surface area contributed by atoms with E-state index in [1.165, 1.54) is 12.8 Å². The van der Waals surface area contributed by atoms with Crippen LogP contribution in [-0.4, -0.2) is 48.1 Å². The molecule has 1 fully saturated rings. The highest BCUT2D eigenvalue weighted by Gasteiger charge is 2.29. The molecule has 4 atom stereocenters. The SMILES string of the molecule is CC(NC(=O)OC(C)(C)C)C(CN)NC1CCCCC1CO. The molecule has 6 heteroatoms. The number of amides is 1. The average molecular weight is 315 g/mol. The van der Waals surface area contributed by atoms with E-state index in [9.17, 15) is 9.90 Å². The Bertz CT molecular complexity index is 344. The molecule has 0 heterocycles. The van der Waals surface area contributed by atoms with Gasteiger partial charge in [0.05, 0.1) is 0 Å². The van der Waals surface area contributed by atoms with Gasteiger partial charge in [0.25, 0.3) is 0 Å². The van der Waals surface area contributed by atoms with E-state index in [2.05, 4.69) is 10.6 Å². The zero-order valence-corrected chi connectivity index (χ0v) is 14.4. The lowest BCUT2D eigenvalue weighted by Crippen LogP contribution is -2.57. The Kier molecular flexibility index (Phi) is 7.59. The highest BCUT2D eigenvalue weighted by molar-refractivity contribution is 5.68. The molecule has 5 N–H and O–H groups in total. The lowest BCUT2D eigenvalue weighted by atomic mass is 9.84. The summed E-state index contributed by atoms with van der Waals surface area (Å²) in [7, 11) is 0. The van der Waals surface area contributed by atoms with E-state index in [-0.39, 0.29) is 30.7 Å². The molecule has 0 aromatic rings. The van der Waals surface area contributed by atoms with E-state index in [4.69, 9.17) is 10.5 Å². The van der Waals surface area contributed by atoms with Crippen LogP contribution in [-0.2, 0) is 4.74 Å². The molecular formula is C16H33N3O3. The summed E-state index contributed by atoms with van der Waals surface area (Å²) in [5, 5.41) is 15.9. The third-order valence-corrected chi connectivity index (χ3v) is 4.17. The predicted octanol–water partition coefficient (Wildman–Crippen LogP) is 1.37. The fraction of sp³-hybridized carbons (Fsp3) is 0.938. The molecule has 0 bridgehead atoms. The second-order valence-corrected chi connectivity index (χ2v) is 7.28. The first-order valence-corrected chi connectivity index (χ1v) is 8.33. The summed E-state index contributed by atoms with van der Waals surface area (Å²) in [4.78, 5) is 11.9. The highest BCUT2D eigenvalue weighted by Crippen LogP contribution is 2.24. The number of carbonyl (C=O) groups is 1. The van der Waals surface area contributed by atoms with Gasteiger partial charge in [0, 0.05) is 31.3 Å². The number of rotatable bonds is 6. The first-order valence-electron chi connectivity index (χ1n) is 8.33. The van der Waals surface area contributed by atoms with Crippen molar-refractivity contribution in [2.24, 2.45) is 11.7 Å². The molecule has 4 unspecified atom stereocenters. The molecular weight excluding hydrogens is 282 g/mol. The van der Waals surface area contributed by atoms with Crippen LogP contribution in [0.15, 0.2) is 0 Å². The van der Waals surface area contributed by atoms with E-state index < -0.39 is 11.7 Å². The van der Waals surface area contributed by atoms with E-state index in [0.717, 1.165) is 12.8 Å². The van der Waals surface area contributed by atoms with Crippen molar-refractivity contribution < 1.29 is 14.6 Å². The van der Waals surface area contributed by atoms with Crippen LogP contribution in [0.1, 0.15) is 53.4 Å². The maximum atomic E-state index is 11.9. The van der Waals surface area contributed by atoms with Crippen LogP contribution in [0.3, 0.4) is 0 Å². The molecule has 1 saturated carbocycles. The summed E-state index contributed by atoms with van der Waals surface area (Å²) in [6.07, 6.45) is 3.99. The molecule has 0 aliphatic heterocycles. The van der Waals surface area contributed by atoms with E-state index in [0.29, 0.717) is 6.54 Å². The molecule has 0 saturated heterocycles. The number of hydrogen-bond acceptors (Lipinski definition) is 5. The van der Waals surface area contributed by atoms with Gasteiger partial charge >= 0.3 is 6.09 Å². The van der Waals surface area contributed by atoms with Crippen LogP contribution in [0.5, 0.6) is 0 Å². The standard InChI is InChI=1S/C16H33N3O3/c1-11(18-15(21)22-16(2,3)4)14(9-17)19-13-8-6-5-7-12(13)10-20/h11-14,19-20H,5-10,17H2,1-4H3,(H,18,21). The van der Waals surface area contributed by atoms with Crippen LogP contribution in [0, 0.1) is 5.92 Å². The summed E-state index contributed by atoms with van der Waals surface area (Å²) in [6, 6.07) is 0.0842. The molecule has 130 valence electrons. The van der Waals surface area contributed by atoms with Crippen molar-refractivity contribution in [1.82, 2.24) is 10.6 Å². The topological polar surface area (TPSA) is 96.6 Å². The van der Waals surface area contributed by atoms with Crippen LogP contribution < -0.4 is 16.4 Å². The summed E-state index contributed by atoms with van der Waals surface area (Å²) in [6.45, 7) is 8.05. The second kappa shape index (κ2) is 8.70. The van der Waals surface area contributed by atoms with Crippen molar-refractivity contribution in [3.63, 3.8) is 0 Å². The molecule has 1 rings (SSSR count). The summed E-state index contributed by atoms with van der Waals surface area (Å²) >= 11 is 0. The van der Waals surface area contributed by atoms with Gasteiger partial charge in [-0.1, -0.05) is 12.8 Å². The molecule has 1 aliphatic rings. The van der Waals surface area contributed by atoms with Crippen LogP contribution >= 0.6 is 0 Å². The van der Waals surface area contributed by atoms with Gasteiger partial charge in [-0.3, -0.25) is 0 Å². The van der Waals surface area contributed by atoms with E-state index in [1.54, 1.807) is 0 Å². The zero-order valence-electron chi connectivity index (χ0n) is 14.4. The van der Waals surface area contributed by atoms with Crippen molar-refractivity contribution >= 4 is 6.09 Å². The maximum Gasteiger partial charge on any atom is 0.407 e. The Morgan fingerprint density at radius 1 is 1.36 bits per heavy atom. The molecule has 1 amide bonds. The monoisotopic (exact) mass is 315 g/mol. The Morgan fingerprint density at radius 2 is 2.00 bits per heavy atom. The number of carbonyl (C=O) groups excluding carboxylic acids is 1. The van der Waals surface area contributed by atoms with Gasteiger partial charge in [-0.05, 0) is 46.5 Å². The molecule has 0 aromatic carbocycles. The minimum atomic E-state index is -0.513. The molecule has 0 aromatic heterocycles. The van der Waals surface area contributed by atoms with E-state index >= 15 is 0 Å². The Morgan fingerprint density at radius 3 is 2.55 bits per heavy atom. The third-order valence-electron chi connectivity index (χ3n) is 4.17. The number of aliphatic hydroxyl groups excluding tert-OH is 1. The quantitative estimate of drug-likeness (QED) is 0.593. The third kappa shape index (κ3) is 6.50. The summed E-state index contributed by atoms with van der Waals surface area (Å²) in [5.41, 5.74) is 5.35. The largest absolute Gasteiger partial charge is 0.444 e. The molecule has 0 spiro atoms. The number of aliphatic hydroxyl groups is 1. The van der Waals surface area contributed by atoms with Crippen molar-refractivity contribution in [3.05, 3.63) is 0 Å². The average Bonchev–Trinajstić information content (AvgIpc) is 2.42. The minimum absolute atomic E-state index is 0.0373. The van der Waals surface area contributed by atoms with Crippen LogP contribution in [0.25, 0.3) is 0 Å². The van der Waals surface area contributed by atoms with Gasteiger partial charge in [0.1, 0.15) is 5.60 Å². The fourth-order valence-electron chi connectivity index (χ4n) is 2.93. The van der Waals surface area contributed by atoms with Crippen molar-refractivity contribution in [2.45, 2.75) is 77.1 Å². The summed E-state index contributed by atoms with van der Waals surface area (Å²) in [5.74, 6) is 0.275. The molecule has 6 nitrogen and oxygen atoms in total. The normalized spacial score (nSPS) is 25.4. The van der Waals surface area contributed by atoms with Gasteiger partial charge < -0.3 is 26.2 Å². The smallest absolute Gasteiger partial charge is 0.407 e. The van der Waals surface area contributed by atoms with Crippen molar-refractivity contribution in [2.75, 3.05) is 13.2 Å². The predicted molar refractivity (Wildman–Crippen MR) is 87.6 cm³/mol. The van der Waals surface area contributed by atoms with Gasteiger partial charge in [-0.25, -0.2) is 4.79 Å². The first kappa shape index (κ1) is 19.2. The number of nitrogens with two attached hydrogens (primary N) is 1. The summed E-state index contributed by atoms with van der Waals surface area (Å²) < 4.78 is 5.28. The lowest BCUT2D eigenvalue weighted by molar-refractivity contribution is 0.0492. The first-order chi connectivity index (χ1) is 10.3. The van der Waals surface area contributed by atoms with Gasteiger partial charge in [0.2, 0.25) is 0 Å². The molecule has 22 heavy (non-hydrogen) atoms. The number of hydrogen-bond donors (Lipinski definition) is 4. The fourth-order valence-corrected chi connectivity index (χ4v) is 2.93. The Labute approximate surface area is 134 Å². The molecule has 0 radical (unpaired) electrons. The number of ether oxygens (including phenoxy) is 1. The van der Waals surface area contributed by atoms with Gasteiger partial charge in [0.15, 0.2) is 0 Å². The van der Waals surface area contributed by atoms with E-state index in [1.807, 2.05) is 27.7 Å². The maximum absolute atomic E-state index is 11.9. The second-order valence-electron chi connectivity index (χ2n) is 7.28. The van der Waals surface area contributed by atoms with Crippen LogP contribution in [0.4, 0.5) is 4.79 Å². The highest BCUT2D eigenvalue weighted by atomic mass is 16.6. The number of alkyl carbamates (subject to hydrolysis) is 1. The molecule has 1 aliphatic carbocycles. The zero-order chi connectivity index (χ0) is 16.8. The van der Waals surface area contributed by atoms with Crippen molar-refractivity contribution in [3.8, 4) is 0 Å². The Hall–Kier alpha value is -0.850. The van der Waals surface area contributed by atoms with Gasteiger partial charge in [-0.2, -0.15) is 0 Å².